The van der Waals surface area contributed by atoms with Crippen molar-refractivity contribution < 1.29 is 4.39 Å². The molecule has 0 saturated heterocycles. The molecule has 0 bridgehead atoms. The molecule has 0 radical (unpaired) electrons. The second-order valence-corrected chi connectivity index (χ2v) is 5.93. The van der Waals surface area contributed by atoms with Crippen LogP contribution in [-0.2, 0) is 6.54 Å². The minimum Gasteiger partial charge on any atom is -0.330 e. The Morgan fingerprint density at radius 2 is 2.11 bits per heavy atom. The fourth-order valence-corrected chi connectivity index (χ4v) is 3.24. The number of halogens is 2. The summed E-state index contributed by atoms with van der Waals surface area (Å²) in [6, 6.07) is 5.36. The molecule has 2 unspecified atom stereocenters. The third-order valence-corrected chi connectivity index (χ3v) is 4.41. The molecule has 2 atom stereocenters. The Balaban J connectivity index is 2.04. The lowest BCUT2D eigenvalue weighted by atomic mass is 9.83. The molecule has 2 nitrogen and oxygen atoms in total. The molecule has 1 aliphatic rings. The smallest absolute Gasteiger partial charge is 0.129 e. The van der Waals surface area contributed by atoms with Gasteiger partial charge >= 0.3 is 0 Å². The highest BCUT2D eigenvalue weighted by Gasteiger charge is 2.27. The maximum Gasteiger partial charge on any atom is 0.129 e. The molecule has 1 fully saturated rings. The summed E-state index contributed by atoms with van der Waals surface area (Å²) in [7, 11) is 2.06. The minimum absolute atomic E-state index is 0.223. The van der Waals surface area contributed by atoms with E-state index in [-0.39, 0.29) is 5.82 Å². The number of rotatable bonds is 4. The summed E-state index contributed by atoms with van der Waals surface area (Å²) in [6.07, 6.45) is 4.86. The molecule has 1 aliphatic carbocycles. The lowest BCUT2D eigenvalue weighted by Gasteiger charge is -2.37. The first-order chi connectivity index (χ1) is 9.11. The molecule has 0 amide bonds. The normalized spacial score (nSPS) is 23.8. The van der Waals surface area contributed by atoms with Crippen LogP contribution in [0.25, 0.3) is 0 Å². The molecular weight excluding hydrogens is 263 g/mol. The van der Waals surface area contributed by atoms with Gasteiger partial charge in [-0.2, -0.15) is 0 Å². The number of benzene rings is 1. The van der Waals surface area contributed by atoms with Gasteiger partial charge < -0.3 is 5.73 Å². The van der Waals surface area contributed by atoms with Crippen LogP contribution >= 0.6 is 11.6 Å². The molecule has 106 valence electrons. The van der Waals surface area contributed by atoms with Gasteiger partial charge in [0.15, 0.2) is 0 Å². The Hall–Kier alpha value is -0.640. The zero-order chi connectivity index (χ0) is 13.8. The van der Waals surface area contributed by atoms with Crippen molar-refractivity contribution in [1.82, 2.24) is 4.90 Å². The Bertz CT molecular complexity index is 425. The van der Waals surface area contributed by atoms with Crippen LogP contribution in [0.15, 0.2) is 18.2 Å². The predicted octanol–water partition coefficient (Wildman–Crippen LogP) is 3.43. The van der Waals surface area contributed by atoms with Crippen LogP contribution in [0.1, 0.15) is 31.2 Å². The fourth-order valence-electron chi connectivity index (χ4n) is 3.08. The van der Waals surface area contributed by atoms with Crippen LogP contribution in [0, 0.1) is 11.7 Å². The molecule has 1 saturated carbocycles. The fraction of sp³-hybridized carbons (Fsp3) is 0.600. The second-order valence-electron chi connectivity index (χ2n) is 5.50. The maximum atomic E-state index is 13.8. The van der Waals surface area contributed by atoms with Crippen LogP contribution < -0.4 is 5.73 Å². The largest absolute Gasteiger partial charge is 0.330 e. The standard InChI is InChI=1S/C15H22ClFN2/c1-19(15-5-3-2-4-11(15)9-18)10-12-6-7-13(16)8-14(12)17/h6-8,11,15H,2-5,9-10,18H2,1H3. The van der Waals surface area contributed by atoms with Gasteiger partial charge in [-0.25, -0.2) is 4.39 Å². The monoisotopic (exact) mass is 284 g/mol. The summed E-state index contributed by atoms with van der Waals surface area (Å²) in [6.45, 7) is 1.34. The maximum absolute atomic E-state index is 13.8. The first kappa shape index (κ1) is 14.8. The minimum atomic E-state index is -0.223. The van der Waals surface area contributed by atoms with Crippen LogP contribution in [0.3, 0.4) is 0 Å². The van der Waals surface area contributed by atoms with Crippen LogP contribution in [-0.4, -0.2) is 24.5 Å². The van der Waals surface area contributed by atoms with Crippen molar-refractivity contribution >= 4 is 11.6 Å². The molecule has 2 N–H and O–H groups in total. The van der Waals surface area contributed by atoms with Gasteiger partial charge in [-0.1, -0.05) is 30.5 Å². The molecule has 19 heavy (non-hydrogen) atoms. The van der Waals surface area contributed by atoms with Crippen molar-refractivity contribution in [2.24, 2.45) is 11.7 Å². The Morgan fingerprint density at radius 1 is 1.37 bits per heavy atom. The van der Waals surface area contributed by atoms with Gasteiger partial charge in [-0.15, -0.1) is 0 Å². The molecule has 0 aliphatic heterocycles. The van der Waals surface area contributed by atoms with Gasteiger partial charge in [-0.05, 0) is 44.5 Å². The van der Waals surface area contributed by atoms with Crippen LogP contribution in [0.2, 0.25) is 5.02 Å². The summed E-state index contributed by atoms with van der Waals surface area (Å²) in [5, 5.41) is 0.446. The van der Waals surface area contributed by atoms with Crippen LogP contribution in [0.4, 0.5) is 4.39 Å². The van der Waals surface area contributed by atoms with Gasteiger partial charge in [0.2, 0.25) is 0 Å². The molecule has 1 aromatic rings. The predicted molar refractivity (Wildman–Crippen MR) is 77.7 cm³/mol. The van der Waals surface area contributed by atoms with Gasteiger partial charge in [0.25, 0.3) is 0 Å². The molecule has 2 rings (SSSR count). The average Bonchev–Trinajstić information content (AvgIpc) is 2.41. The van der Waals surface area contributed by atoms with E-state index >= 15 is 0 Å². The quantitative estimate of drug-likeness (QED) is 0.918. The van der Waals surface area contributed by atoms with Crippen molar-refractivity contribution in [3.05, 3.63) is 34.6 Å². The van der Waals surface area contributed by atoms with E-state index in [0.29, 0.717) is 29.1 Å². The third kappa shape index (κ3) is 3.68. The van der Waals surface area contributed by atoms with Crippen molar-refractivity contribution in [3.63, 3.8) is 0 Å². The number of hydrogen-bond acceptors (Lipinski definition) is 2. The lowest BCUT2D eigenvalue weighted by Crippen LogP contribution is -2.42. The van der Waals surface area contributed by atoms with Crippen LogP contribution in [0.5, 0.6) is 0 Å². The number of nitrogens with two attached hydrogens (primary N) is 1. The molecule has 4 heteroatoms. The summed E-state index contributed by atoms with van der Waals surface area (Å²) < 4.78 is 13.8. The highest BCUT2D eigenvalue weighted by Crippen LogP contribution is 2.28. The second kappa shape index (κ2) is 6.69. The number of nitrogens with zero attached hydrogens (tertiary/aromatic N) is 1. The Morgan fingerprint density at radius 3 is 2.79 bits per heavy atom. The summed E-state index contributed by atoms with van der Waals surface area (Å²) in [5.41, 5.74) is 6.56. The van der Waals surface area contributed by atoms with Gasteiger partial charge in [0.1, 0.15) is 5.82 Å². The van der Waals surface area contributed by atoms with Gasteiger partial charge in [0.05, 0.1) is 0 Å². The average molecular weight is 285 g/mol. The summed E-state index contributed by atoms with van der Waals surface area (Å²) >= 11 is 5.78. The first-order valence-electron chi connectivity index (χ1n) is 6.96. The van der Waals surface area contributed by atoms with Gasteiger partial charge in [-0.3, -0.25) is 4.90 Å². The molecule has 0 heterocycles. The van der Waals surface area contributed by atoms with Crippen molar-refractivity contribution in [2.75, 3.05) is 13.6 Å². The van der Waals surface area contributed by atoms with E-state index in [1.807, 2.05) is 0 Å². The highest BCUT2D eigenvalue weighted by molar-refractivity contribution is 6.30. The van der Waals surface area contributed by atoms with E-state index in [1.54, 1.807) is 12.1 Å². The van der Waals surface area contributed by atoms with E-state index in [9.17, 15) is 4.39 Å². The van der Waals surface area contributed by atoms with Gasteiger partial charge in [0, 0.05) is 23.2 Å². The van der Waals surface area contributed by atoms with Crippen molar-refractivity contribution in [2.45, 2.75) is 38.3 Å². The number of hydrogen-bond donors (Lipinski definition) is 1. The topological polar surface area (TPSA) is 29.3 Å². The molecule has 0 aromatic heterocycles. The Kier molecular flexibility index (Phi) is 5.20. The van der Waals surface area contributed by atoms with E-state index in [1.165, 1.54) is 25.3 Å². The molecule has 1 aromatic carbocycles. The third-order valence-electron chi connectivity index (χ3n) is 4.17. The zero-order valence-corrected chi connectivity index (χ0v) is 12.2. The highest BCUT2D eigenvalue weighted by atomic mass is 35.5. The molecular formula is C15H22ClFN2. The van der Waals surface area contributed by atoms with Crippen molar-refractivity contribution in [1.29, 1.82) is 0 Å². The summed E-state index contributed by atoms with van der Waals surface area (Å²) in [4.78, 5) is 2.24. The van der Waals surface area contributed by atoms with E-state index in [0.717, 1.165) is 13.0 Å². The zero-order valence-electron chi connectivity index (χ0n) is 11.4. The summed E-state index contributed by atoms with van der Waals surface area (Å²) in [5.74, 6) is 0.313. The SMILES string of the molecule is CN(Cc1ccc(Cl)cc1F)C1CCCCC1CN. The first-order valence-corrected chi connectivity index (χ1v) is 7.34. The van der Waals surface area contributed by atoms with E-state index in [2.05, 4.69) is 11.9 Å². The van der Waals surface area contributed by atoms with E-state index < -0.39 is 0 Å². The Labute approximate surface area is 119 Å². The van der Waals surface area contributed by atoms with E-state index in [4.69, 9.17) is 17.3 Å². The van der Waals surface area contributed by atoms with Crippen molar-refractivity contribution in [3.8, 4) is 0 Å². The molecule has 0 spiro atoms. The lowest BCUT2D eigenvalue weighted by molar-refractivity contribution is 0.126.